The molecule has 4 heteroatoms. The van der Waals surface area contributed by atoms with E-state index in [2.05, 4.69) is 125 Å². The molecule has 0 heterocycles. The zero-order valence-corrected chi connectivity index (χ0v) is 37.7. The molecular formula is C49H59Cl2SiZr. The van der Waals surface area contributed by atoms with Crippen molar-refractivity contribution < 1.29 is 15.6 Å². The van der Waals surface area contributed by atoms with E-state index in [0.717, 1.165) is 18.5 Å². The fourth-order valence-electron chi connectivity index (χ4n) is 11.7. The van der Waals surface area contributed by atoms with Crippen molar-refractivity contribution >= 4 is 35.1 Å². The van der Waals surface area contributed by atoms with Crippen LogP contribution in [0.25, 0.3) is 34.4 Å². The van der Waals surface area contributed by atoms with Gasteiger partial charge in [-0.1, -0.05) is 0 Å². The van der Waals surface area contributed by atoms with Gasteiger partial charge >= 0.3 is 332 Å². The normalized spacial score (nSPS) is 21.5. The van der Waals surface area contributed by atoms with Gasteiger partial charge in [0.05, 0.1) is 0 Å². The third kappa shape index (κ3) is 6.62. The van der Waals surface area contributed by atoms with E-state index in [1.807, 2.05) is 0 Å². The van der Waals surface area contributed by atoms with E-state index in [-0.39, 0.29) is 7.25 Å². The van der Waals surface area contributed by atoms with Gasteiger partial charge in [-0.3, -0.25) is 0 Å². The van der Waals surface area contributed by atoms with Crippen molar-refractivity contribution in [3.8, 4) is 22.3 Å². The van der Waals surface area contributed by atoms with Crippen LogP contribution in [0.1, 0.15) is 151 Å². The first-order valence-corrected chi connectivity index (χ1v) is 36.8. The van der Waals surface area contributed by atoms with Crippen LogP contribution in [0, 0.1) is 0 Å². The van der Waals surface area contributed by atoms with E-state index in [4.69, 9.17) is 17.0 Å². The number of fused-ring (bicyclic) bond motifs is 2. The van der Waals surface area contributed by atoms with Crippen molar-refractivity contribution in [3.63, 3.8) is 0 Å². The van der Waals surface area contributed by atoms with E-state index < -0.39 is 21.5 Å². The summed E-state index contributed by atoms with van der Waals surface area (Å²) in [5, 5.41) is 0. The van der Waals surface area contributed by atoms with Gasteiger partial charge in [0.15, 0.2) is 0 Å². The van der Waals surface area contributed by atoms with Crippen LogP contribution < -0.4 is 0 Å². The van der Waals surface area contributed by atoms with Gasteiger partial charge in [-0.05, 0) is 0 Å². The summed E-state index contributed by atoms with van der Waals surface area (Å²) in [5.74, 6) is -0.185. The fourth-order valence-corrected chi connectivity index (χ4v) is 65.3. The Kier molecular flexibility index (Phi) is 11.1. The number of halogens is 2. The molecule has 0 radical (unpaired) electrons. The summed E-state index contributed by atoms with van der Waals surface area (Å²) in [5.41, 5.74) is 16.7. The molecule has 4 aromatic carbocycles. The van der Waals surface area contributed by atoms with Crippen molar-refractivity contribution in [3.05, 3.63) is 129 Å². The topological polar surface area (TPSA) is 0 Å². The monoisotopic (exact) mass is 835 g/mol. The molecule has 277 valence electrons. The SMILES string of the molecule is CCC1=Cc2c(-c3ccc(C4CCCCC4)cc3)cccc2[CH]1[Zr]([Cl])([Cl])([CH]1C(C)=Cc2c(-c3ccc(C4CCCCC4)cc3)cccc21)[SiH](CC)CC. The van der Waals surface area contributed by atoms with Crippen LogP contribution in [0.2, 0.25) is 12.1 Å². The van der Waals surface area contributed by atoms with Gasteiger partial charge in [-0.2, -0.15) is 0 Å². The Balaban J connectivity index is 1.21. The van der Waals surface area contributed by atoms with Crippen LogP contribution in [0.5, 0.6) is 0 Å². The van der Waals surface area contributed by atoms with Crippen LogP contribution >= 0.6 is 17.0 Å². The second-order valence-corrected chi connectivity index (χ2v) is 57.8. The first kappa shape index (κ1) is 37.9. The first-order chi connectivity index (χ1) is 25.8. The molecule has 2 saturated carbocycles. The minimum absolute atomic E-state index is 0.122. The molecule has 2 fully saturated rings. The quantitative estimate of drug-likeness (QED) is 0.140. The Labute approximate surface area is 329 Å². The Hall–Kier alpha value is -1.96. The third-order valence-electron chi connectivity index (χ3n) is 14.3. The van der Waals surface area contributed by atoms with Gasteiger partial charge in [0.1, 0.15) is 0 Å². The van der Waals surface area contributed by atoms with Crippen molar-refractivity contribution in [1.82, 2.24) is 0 Å². The van der Waals surface area contributed by atoms with Gasteiger partial charge in [-0.15, -0.1) is 0 Å². The van der Waals surface area contributed by atoms with Crippen LogP contribution in [-0.4, -0.2) is 5.92 Å². The molecule has 0 aromatic heterocycles. The Bertz CT molecular complexity index is 2010. The van der Waals surface area contributed by atoms with Crippen LogP contribution in [0.3, 0.4) is 0 Å². The van der Waals surface area contributed by atoms with E-state index in [9.17, 15) is 0 Å². The summed E-state index contributed by atoms with van der Waals surface area (Å²) in [7, 11) is 17.7. The third-order valence-corrected chi connectivity index (χ3v) is 64.4. The summed E-state index contributed by atoms with van der Waals surface area (Å²) in [6, 6.07) is 35.5. The fraction of sp³-hybridized carbons (Fsp3) is 0.429. The molecule has 4 aromatic rings. The number of allylic oxidation sites excluding steroid dienone is 2. The molecule has 0 saturated heterocycles. The number of hydrogen-bond donors (Lipinski definition) is 0. The van der Waals surface area contributed by atoms with E-state index in [1.54, 1.807) is 0 Å². The van der Waals surface area contributed by atoms with Crippen molar-refractivity contribution in [2.45, 2.75) is 129 Å². The Morgan fingerprint density at radius 2 is 1.02 bits per heavy atom. The van der Waals surface area contributed by atoms with Crippen LogP contribution in [0.15, 0.2) is 96.1 Å². The standard InChI is InChI=1S/C23H25.C22H23.C4H11Si.2ClH.Zr/c1-2-17-15-21-9-6-10-22(23(21)16-17)20-13-11-19(12-14-20)18-7-4-3-5-8-18;1-16-14-20-8-5-9-21(22(20)15-16)19-12-10-18(11-13-19)17-6-3-2-4-7-17;1-3-5-4-2;;;/h6,9-16,18H,2-5,7-8H2,1H3;5,8-15,17H,2-4,6-7H2,1H3;5H,3-4H2,1-2H3;2*1H;/q;;;;;+2/p-2. The van der Waals surface area contributed by atoms with E-state index in [1.165, 1.54) is 131 Å². The molecule has 8 rings (SSSR count). The Morgan fingerprint density at radius 3 is 1.47 bits per heavy atom. The molecule has 2 unspecified atom stereocenters. The maximum absolute atomic E-state index is 8.86. The molecule has 4 aliphatic carbocycles. The molecule has 2 atom stereocenters. The molecule has 0 amide bonds. The predicted octanol–water partition coefficient (Wildman–Crippen LogP) is 15.9. The zero-order chi connectivity index (χ0) is 36.8. The predicted molar refractivity (Wildman–Crippen MR) is 233 cm³/mol. The number of rotatable bonds is 10. The van der Waals surface area contributed by atoms with Crippen LogP contribution in [-0.2, 0) is 15.6 Å². The molecular weight excluding hydrogens is 779 g/mol. The summed E-state index contributed by atoms with van der Waals surface area (Å²) >= 11 is -4.86. The first-order valence-electron chi connectivity index (χ1n) is 21.2. The summed E-state index contributed by atoms with van der Waals surface area (Å²) in [4.78, 5) is 0. The molecule has 0 spiro atoms. The van der Waals surface area contributed by atoms with Crippen molar-refractivity contribution in [2.75, 3.05) is 0 Å². The summed E-state index contributed by atoms with van der Waals surface area (Å²) < 4.78 is 0.257. The molecule has 53 heavy (non-hydrogen) atoms. The van der Waals surface area contributed by atoms with Gasteiger partial charge in [0.25, 0.3) is 0 Å². The van der Waals surface area contributed by atoms with Crippen molar-refractivity contribution in [2.24, 2.45) is 0 Å². The van der Waals surface area contributed by atoms with E-state index in [0.29, 0.717) is 11.8 Å². The maximum atomic E-state index is 8.86. The second kappa shape index (κ2) is 15.5. The second-order valence-electron chi connectivity index (χ2n) is 17.1. The van der Waals surface area contributed by atoms with Crippen molar-refractivity contribution in [1.29, 1.82) is 0 Å². The average Bonchev–Trinajstić information content (AvgIpc) is 3.78. The zero-order valence-electron chi connectivity index (χ0n) is 32.6. The van der Waals surface area contributed by atoms with Crippen LogP contribution in [0.4, 0.5) is 0 Å². The minimum atomic E-state index is -4.86. The van der Waals surface area contributed by atoms with E-state index >= 15 is 0 Å². The molecule has 0 nitrogen and oxygen atoms in total. The summed E-state index contributed by atoms with van der Waals surface area (Å²) in [6.07, 6.45) is 19.6. The molecule has 0 aliphatic heterocycles. The van der Waals surface area contributed by atoms with Gasteiger partial charge in [0, 0.05) is 0 Å². The average molecular weight is 838 g/mol. The molecule has 4 aliphatic rings. The molecule has 0 N–H and O–H groups in total. The summed E-state index contributed by atoms with van der Waals surface area (Å²) in [6.45, 7) is 9.48. The van der Waals surface area contributed by atoms with Gasteiger partial charge in [0.2, 0.25) is 0 Å². The Morgan fingerprint density at radius 1 is 0.566 bits per heavy atom. The van der Waals surface area contributed by atoms with Gasteiger partial charge < -0.3 is 0 Å². The number of benzene rings is 4. The number of hydrogen-bond acceptors (Lipinski definition) is 0. The molecule has 0 bridgehead atoms. The van der Waals surface area contributed by atoms with Gasteiger partial charge in [-0.25, -0.2) is 0 Å².